The number of hydrogen-bond donors (Lipinski definition) is 2. The summed E-state index contributed by atoms with van der Waals surface area (Å²) in [5.74, 6) is 0. The maximum absolute atomic E-state index is 11.7. The highest BCUT2D eigenvalue weighted by Gasteiger charge is 2.16. The first-order valence-corrected chi connectivity index (χ1v) is 7.20. The van der Waals surface area contributed by atoms with Gasteiger partial charge in [0.1, 0.15) is 11.3 Å². The van der Waals surface area contributed by atoms with Gasteiger partial charge in [-0.25, -0.2) is 4.79 Å². The number of pyridine rings is 1. The molecule has 0 saturated heterocycles. The van der Waals surface area contributed by atoms with E-state index in [1.165, 1.54) is 18.5 Å². The Bertz CT molecular complexity index is 738. The second-order valence-corrected chi connectivity index (χ2v) is 5.98. The molecule has 0 atom stereocenters. The fraction of sp³-hybridized carbons (Fsp3) is 0.250. The molecule has 8 heteroatoms. The molecule has 1 amide bonds. The molecule has 1 aromatic heterocycles. The van der Waals surface area contributed by atoms with E-state index in [-0.39, 0.29) is 11.4 Å². The number of benzene rings is 1. The van der Waals surface area contributed by atoms with Crippen molar-refractivity contribution in [3.63, 3.8) is 0 Å². The zero-order valence-electron chi connectivity index (χ0n) is 13.6. The lowest BCUT2D eigenvalue weighted by Gasteiger charge is -2.19. The van der Waals surface area contributed by atoms with Gasteiger partial charge in [0, 0.05) is 23.6 Å². The Kier molecular flexibility index (Phi) is 4.98. The van der Waals surface area contributed by atoms with Crippen LogP contribution in [0.2, 0.25) is 0 Å². The van der Waals surface area contributed by atoms with Gasteiger partial charge < -0.3 is 10.1 Å². The van der Waals surface area contributed by atoms with E-state index in [1.54, 1.807) is 45.0 Å². The van der Waals surface area contributed by atoms with Crippen LogP contribution in [0.3, 0.4) is 0 Å². The van der Waals surface area contributed by atoms with Crippen molar-refractivity contribution in [3.8, 4) is 0 Å². The molecule has 2 rings (SSSR count). The topological polar surface area (TPSA) is 106 Å². The third-order valence-corrected chi connectivity index (χ3v) is 2.80. The maximum Gasteiger partial charge on any atom is 0.412 e. The highest BCUT2D eigenvalue weighted by molar-refractivity contribution is 5.85. The molecular formula is C16H18N4O4. The molecular weight excluding hydrogens is 312 g/mol. The minimum Gasteiger partial charge on any atom is -0.444 e. The SMILES string of the molecule is CC(C)(C)OC(=O)Nc1ccc(Nc2cnccc2[N+](=O)[O-])cc1. The summed E-state index contributed by atoms with van der Waals surface area (Å²) in [5, 5.41) is 16.5. The lowest BCUT2D eigenvalue weighted by molar-refractivity contribution is -0.384. The summed E-state index contributed by atoms with van der Waals surface area (Å²) < 4.78 is 5.16. The summed E-state index contributed by atoms with van der Waals surface area (Å²) >= 11 is 0. The Hall–Kier alpha value is -3.16. The van der Waals surface area contributed by atoms with Crippen LogP contribution in [0.5, 0.6) is 0 Å². The van der Waals surface area contributed by atoms with Crippen LogP contribution in [0.15, 0.2) is 42.7 Å². The van der Waals surface area contributed by atoms with Crippen LogP contribution >= 0.6 is 0 Å². The Morgan fingerprint density at radius 3 is 2.38 bits per heavy atom. The molecule has 0 aliphatic heterocycles. The quantitative estimate of drug-likeness (QED) is 0.646. The van der Waals surface area contributed by atoms with Gasteiger partial charge in [-0.05, 0) is 45.0 Å². The minimum atomic E-state index is -0.579. The molecule has 1 aromatic carbocycles. The molecule has 126 valence electrons. The zero-order valence-corrected chi connectivity index (χ0v) is 13.6. The van der Waals surface area contributed by atoms with Gasteiger partial charge in [-0.3, -0.25) is 20.4 Å². The van der Waals surface area contributed by atoms with Crippen LogP contribution in [0.4, 0.5) is 27.5 Å². The average molecular weight is 330 g/mol. The Morgan fingerprint density at radius 2 is 1.79 bits per heavy atom. The second kappa shape index (κ2) is 6.95. The number of hydrogen-bond acceptors (Lipinski definition) is 6. The van der Waals surface area contributed by atoms with Gasteiger partial charge in [-0.15, -0.1) is 0 Å². The predicted molar refractivity (Wildman–Crippen MR) is 90.5 cm³/mol. The second-order valence-electron chi connectivity index (χ2n) is 5.98. The number of nitrogens with one attached hydrogen (secondary N) is 2. The van der Waals surface area contributed by atoms with E-state index >= 15 is 0 Å². The van der Waals surface area contributed by atoms with E-state index in [1.807, 2.05) is 0 Å². The van der Waals surface area contributed by atoms with Gasteiger partial charge in [0.15, 0.2) is 0 Å². The molecule has 0 radical (unpaired) electrons. The monoisotopic (exact) mass is 330 g/mol. The molecule has 2 aromatic rings. The molecule has 0 saturated carbocycles. The van der Waals surface area contributed by atoms with Crippen molar-refractivity contribution in [2.45, 2.75) is 26.4 Å². The average Bonchev–Trinajstić information content (AvgIpc) is 2.47. The van der Waals surface area contributed by atoms with Crippen molar-refractivity contribution in [2.75, 3.05) is 10.6 Å². The minimum absolute atomic E-state index is 0.0686. The zero-order chi connectivity index (χ0) is 17.7. The fourth-order valence-corrected chi connectivity index (χ4v) is 1.86. The summed E-state index contributed by atoms with van der Waals surface area (Å²) in [4.78, 5) is 26.1. The van der Waals surface area contributed by atoms with E-state index < -0.39 is 16.6 Å². The summed E-state index contributed by atoms with van der Waals surface area (Å²) in [7, 11) is 0. The van der Waals surface area contributed by atoms with Crippen molar-refractivity contribution < 1.29 is 14.5 Å². The number of amides is 1. The lowest BCUT2D eigenvalue weighted by Crippen LogP contribution is -2.27. The van der Waals surface area contributed by atoms with E-state index in [4.69, 9.17) is 4.74 Å². The number of nitrogens with zero attached hydrogens (tertiary/aromatic N) is 2. The molecule has 1 heterocycles. The van der Waals surface area contributed by atoms with Crippen LogP contribution in [-0.2, 0) is 4.74 Å². The third-order valence-electron chi connectivity index (χ3n) is 2.80. The highest BCUT2D eigenvalue weighted by atomic mass is 16.6. The lowest BCUT2D eigenvalue weighted by atomic mass is 10.2. The summed E-state index contributed by atoms with van der Waals surface area (Å²) in [5.41, 5.74) is 0.817. The van der Waals surface area contributed by atoms with Gasteiger partial charge >= 0.3 is 6.09 Å². The fourth-order valence-electron chi connectivity index (χ4n) is 1.86. The Balaban J connectivity index is 2.05. The molecule has 8 nitrogen and oxygen atoms in total. The summed E-state index contributed by atoms with van der Waals surface area (Å²) in [6, 6.07) is 8.01. The number of carbonyl (C=O) groups excluding carboxylic acids is 1. The van der Waals surface area contributed by atoms with Crippen LogP contribution in [0, 0.1) is 10.1 Å². The van der Waals surface area contributed by atoms with Gasteiger partial charge in [-0.1, -0.05) is 0 Å². The normalized spacial score (nSPS) is 10.8. The number of ether oxygens (including phenoxy) is 1. The molecule has 0 unspecified atom stereocenters. The molecule has 0 aliphatic carbocycles. The molecule has 0 aliphatic rings. The standard InChI is InChI=1S/C16H18N4O4/c1-16(2,3)24-15(21)19-12-6-4-11(5-7-12)18-13-10-17-9-8-14(13)20(22)23/h4-10,18H,1-3H3,(H,19,21). The Labute approximate surface area is 139 Å². The molecule has 24 heavy (non-hydrogen) atoms. The smallest absolute Gasteiger partial charge is 0.412 e. The number of aromatic nitrogens is 1. The number of rotatable bonds is 4. The first-order chi connectivity index (χ1) is 11.2. The van der Waals surface area contributed by atoms with Crippen molar-refractivity contribution >= 4 is 28.8 Å². The largest absolute Gasteiger partial charge is 0.444 e. The maximum atomic E-state index is 11.7. The van der Waals surface area contributed by atoms with Crippen molar-refractivity contribution in [2.24, 2.45) is 0 Å². The van der Waals surface area contributed by atoms with Crippen LogP contribution < -0.4 is 10.6 Å². The van der Waals surface area contributed by atoms with Crippen LogP contribution in [0.25, 0.3) is 0 Å². The molecule has 2 N–H and O–H groups in total. The number of carbonyl (C=O) groups is 1. The van der Waals surface area contributed by atoms with Gasteiger partial charge in [0.05, 0.1) is 11.1 Å². The predicted octanol–water partition coefficient (Wildman–Crippen LogP) is 4.08. The first-order valence-electron chi connectivity index (χ1n) is 7.20. The van der Waals surface area contributed by atoms with E-state index in [9.17, 15) is 14.9 Å². The Morgan fingerprint density at radius 1 is 1.17 bits per heavy atom. The van der Waals surface area contributed by atoms with Gasteiger partial charge in [-0.2, -0.15) is 0 Å². The third kappa shape index (κ3) is 4.94. The van der Waals surface area contributed by atoms with E-state index in [2.05, 4.69) is 15.6 Å². The van der Waals surface area contributed by atoms with E-state index in [0.29, 0.717) is 11.4 Å². The molecule has 0 fully saturated rings. The van der Waals surface area contributed by atoms with Crippen molar-refractivity contribution in [1.29, 1.82) is 0 Å². The summed E-state index contributed by atoms with van der Waals surface area (Å²) in [6.45, 7) is 5.33. The first kappa shape index (κ1) is 17.2. The van der Waals surface area contributed by atoms with Gasteiger partial charge in [0.2, 0.25) is 0 Å². The molecule has 0 bridgehead atoms. The van der Waals surface area contributed by atoms with Crippen LogP contribution in [-0.4, -0.2) is 21.6 Å². The van der Waals surface area contributed by atoms with Crippen molar-refractivity contribution in [1.82, 2.24) is 4.98 Å². The highest BCUT2D eigenvalue weighted by Crippen LogP contribution is 2.26. The van der Waals surface area contributed by atoms with Crippen molar-refractivity contribution in [3.05, 3.63) is 52.8 Å². The number of anilines is 3. The van der Waals surface area contributed by atoms with Gasteiger partial charge in [0.25, 0.3) is 5.69 Å². The van der Waals surface area contributed by atoms with Crippen LogP contribution in [0.1, 0.15) is 20.8 Å². The number of nitro groups is 1. The van der Waals surface area contributed by atoms with E-state index in [0.717, 1.165) is 0 Å². The summed E-state index contributed by atoms with van der Waals surface area (Å²) in [6.07, 6.45) is 2.19. The molecule has 0 spiro atoms.